The van der Waals surface area contributed by atoms with Crippen molar-refractivity contribution in [2.45, 2.75) is 31.4 Å². The van der Waals surface area contributed by atoms with Crippen LogP contribution >= 0.6 is 0 Å². The largest absolute Gasteiger partial charge is 0.488 e. The van der Waals surface area contributed by atoms with Gasteiger partial charge in [-0.15, -0.1) is 0 Å². The maximum absolute atomic E-state index is 6.07. The molecule has 0 amide bonds. The van der Waals surface area contributed by atoms with Gasteiger partial charge in [-0.05, 0) is 37.1 Å². The van der Waals surface area contributed by atoms with E-state index in [2.05, 4.69) is 34.8 Å². The molecule has 0 radical (unpaired) electrons. The lowest BCUT2D eigenvalue weighted by atomic mass is 9.99. The van der Waals surface area contributed by atoms with Crippen LogP contribution in [0.2, 0.25) is 0 Å². The van der Waals surface area contributed by atoms with Crippen molar-refractivity contribution < 1.29 is 4.74 Å². The first-order chi connectivity index (χ1) is 9.76. The van der Waals surface area contributed by atoms with E-state index in [1.54, 1.807) is 0 Å². The van der Waals surface area contributed by atoms with Gasteiger partial charge in [0.1, 0.15) is 11.9 Å². The van der Waals surface area contributed by atoms with Crippen LogP contribution in [0.15, 0.2) is 36.7 Å². The van der Waals surface area contributed by atoms with Crippen molar-refractivity contribution in [2.24, 2.45) is 7.05 Å². The number of rotatable bonds is 5. The molecule has 0 saturated carbocycles. The summed E-state index contributed by atoms with van der Waals surface area (Å²) >= 11 is 0. The molecule has 0 fully saturated rings. The molecular weight excluding hydrogens is 250 g/mol. The van der Waals surface area contributed by atoms with Gasteiger partial charge < -0.3 is 10.1 Å². The number of nitrogens with one attached hydrogen (secondary N) is 1. The summed E-state index contributed by atoms with van der Waals surface area (Å²) in [6.07, 6.45) is 7.33. The lowest BCUT2D eigenvalue weighted by Gasteiger charge is -2.22. The number of hydrogen-bond donors (Lipinski definition) is 1. The Labute approximate surface area is 119 Å². The fraction of sp³-hybridized carbons (Fsp3) is 0.438. The van der Waals surface area contributed by atoms with E-state index in [9.17, 15) is 0 Å². The molecule has 2 heterocycles. The molecule has 1 aromatic carbocycles. The number of hydrogen-bond acceptors (Lipinski definition) is 3. The SMILES string of the molecule is CNC(CCc1cnn(C)c1)C1Cc2ccccc2O1. The minimum Gasteiger partial charge on any atom is -0.488 e. The monoisotopic (exact) mass is 271 g/mol. The zero-order valence-electron chi connectivity index (χ0n) is 12.0. The molecule has 1 aliphatic heterocycles. The Morgan fingerprint density at radius 2 is 2.30 bits per heavy atom. The van der Waals surface area contributed by atoms with Gasteiger partial charge in [0.2, 0.25) is 0 Å². The van der Waals surface area contributed by atoms with Crippen LogP contribution in [0, 0.1) is 0 Å². The van der Waals surface area contributed by atoms with Gasteiger partial charge in [-0.1, -0.05) is 18.2 Å². The zero-order valence-corrected chi connectivity index (χ0v) is 12.0. The molecule has 0 aliphatic carbocycles. The molecule has 2 unspecified atom stereocenters. The lowest BCUT2D eigenvalue weighted by molar-refractivity contribution is 0.177. The summed E-state index contributed by atoms with van der Waals surface area (Å²) < 4.78 is 7.92. The molecule has 0 bridgehead atoms. The Morgan fingerprint density at radius 1 is 1.45 bits per heavy atom. The van der Waals surface area contributed by atoms with Crippen molar-refractivity contribution in [1.82, 2.24) is 15.1 Å². The van der Waals surface area contributed by atoms with Gasteiger partial charge in [0.25, 0.3) is 0 Å². The molecule has 0 spiro atoms. The van der Waals surface area contributed by atoms with E-state index in [1.807, 2.05) is 31.0 Å². The third kappa shape index (κ3) is 2.70. The molecule has 2 atom stereocenters. The predicted octanol–water partition coefficient (Wildman–Crippen LogP) is 1.94. The van der Waals surface area contributed by atoms with E-state index in [0.29, 0.717) is 6.04 Å². The van der Waals surface area contributed by atoms with Crippen LogP contribution in [0.25, 0.3) is 0 Å². The maximum atomic E-state index is 6.07. The second-order valence-corrected chi connectivity index (χ2v) is 5.42. The smallest absolute Gasteiger partial charge is 0.123 e. The number of fused-ring (bicyclic) bond motifs is 1. The maximum Gasteiger partial charge on any atom is 0.123 e. The zero-order chi connectivity index (χ0) is 13.9. The number of nitrogens with zero attached hydrogens (tertiary/aromatic N) is 2. The standard InChI is InChI=1S/C16H21N3O/c1-17-14(8-7-12-10-18-19(2)11-12)16-9-13-5-3-4-6-15(13)20-16/h3-6,10-11,14,16-17H,7-9H2,1-2H3. The number of para-hydroxylation sites is 1. The van der Waals surface area contributed by atoms with Crippen LogP contribution in [0.4, 0.5) is 0 Å². The molecule has 4 nitrogen and oxygen atoms in total. The Morgan fingerprint density at radius 3 is 3.00 bits per heavy atom. The van der Waals surface area contributed by atoms with Crippen LogP contribution in [0.5, 0.6) is 5.75 Å². The molecule has 20 heavy (non-hydrogen) atoms. The van der Waals surface area contributed by atoms with E-state index >= 15 is 0 Å². The van der Waals surface area contributed by atoms with Crippen LogP contribution < -0.4 is 10.1 Å². The van der Waals surface area contributed by atoms with E-state index in [0.717, 1.165) is 25.0 Å². The third-order valence-electron chi connectivity index (χ3n) is 3.99. The number of aromatic nitrogens is 2. The van der Waals surface area contributed by atoms with E-state index in [4.69, 9.17) is 4.74 Å². The molecule has 3 rings (SSSR count). The van der Waals surface area contributed by atoms with E-state index < -0.39 is 0 Å². The summed E-state index contributed by atoms with van der Waals surface area (Å²) in [5.74, 6) is 1.04. The van der Waals surface area contributed by atoms with E-state index in [1.165, 1.54) is 11.1 Å². The first-order valence-corrected chi connectivity index (χ1v) is 7.15. The highest BCUT2D eigenvalue weighted by molar-refractivity contribution is 5.37. The van der Waals surface area contributed by atoms with Gasteiger partial charge in [0.05, 0.1) is 6.20 Å². The molecule has 1 aliphatic rings. The quantitative estimate of drug-likeness (QED) is 0.903. The van der Waals surface area contributed by atoms with Crippen molar-refractivity contribution in [1.29, 1.82) is 0 Å². The summed E-state index contributed by atoms with van der Waals surface area (Å²) in [6, 6.07) is 8.69. The van der Waals surface area contributed by atoms with Crippen molar-refractivity contribution in [3.63, 3.8) is 0 Å². The highest BCUT2D eigenvalue weighted by Gasteiger charge is 2.28. The summed E-state index contributed by atoms with van der Waals surface area (Å²) in [5.41, 5.74) is 2.60. The first kappa shape index (κ1) is 13.2. The van der Waals surface area contributed by atoms with Crippen molar-refractivity contribution in [3.05, 3.63) is 47.8 Å². The van der Waals surface area contributed by atoms with Crippen LogP contribution in [-0.2, 0) is 19.9 Å². The summed E-state index contributed by atoms with van der Waals surface area (Å²) in [7, 11) is 3.97. The van der Waals surface area contributed by atoms with E-state index in [-0.39, 0.29) is 6.10 Å². The average Bonchev–Trinajstić information content (AvgIpc) is 3.05. The summed E-state index contributed by atoms with van der Waals surface area (Å²) in [4.78, 5) is 0. The van der Waals surface area contributed by atoms with Gasteiger partial charge in [-0.2, -0.15) is 5.10 Å². The van der Waals surface area contributed by atoms with Gasteiger partial charge in [0, 0.05) is 25.7 Å². The fourth-order valence-corrected chi connectivity index (χ4v) is 2.87. The second kappa shape index (κ2) is 5.67. The normalized spacial score (nSPS) is 18.6. The minimum atomic E-state index is 0.231. The fourth-order valence-electron chi connectivity index (χ4n) is 2.87. The van der Waals surface area contributed by atoms with Crippen LogP contribution in [0.3, 0.4) is 0 Å². The van der Waals surface area contributed by atoms with Crippen molar-refractivity contribution in [3.8, 4) is 5.75 Å². The number of benzene rings is 1. The number of ether oxygens (including phenoxy) is 1. The molecular formula is C16H21N3O. The number of likely N-dealkylation sites (N-methyl/N-ethyl adjacent to an activating group) is 1. The van der Waals surface area contributed by atoms with Gasteiger partial charge in [-0.3, -0.25) is 4.68 Å². The van der Waals surface area contributed by atoms with Crippen molar-refractivity contribution >= 4 is 0 Å². The van der Waals surface area contributed by atoms with Gasteiger partial charge in [0.15, 0.2) is 0 Å². The number of aryl methyl sites for hydroxylation is 2. The molecule has 106 valence electrons. The second-order valence-electron chi connectivity index (χ2n) is 5.42. The van der Waals surface area contributed by atoms with Crippen molar-refractivity contribution in [2.75, 3.05) is 7.05 Å². The Hall–Kier alpha value is -1.81. The summed E-state index contributed by atoms with van der Waals surface area (Å²) in [5, 5.41) is 7.62. The van der Waals surface area contributed by atoms with Gasteiger partial charge in [-0.25, -0.2) is 0 Å². The lowest BCUT2D eigenvalue weighted by Crippen LogP contribution is -2.40. The minimum absolute atomic E-state index is 0.231. The molecule has 4 heteroatoms. The topological polar surface area (TPSA) is 39.1 Å². The Balaban J connectivity index is 1.61. The Kier molecular flexibility index (Phi) is 3.74. The average molecular weight is 271 g/mol. The molecule has 1 N–H and O–H groups in total. The highest BCUT2D eigenvalue weighted by atomic mass is 16.5. The molecule has 0 saturated heterocycles. The highest BCUT2D eigenvalue weighted by Crippen LogP contribution is 2.30. The predicted molar refractivity (Wildman–Crippen MR) is 78.9 cm³/mol. The Bertz CT molecular complexity index is 554. The molecule has 1 aromatic heterocycles. The molecule has 2 aromatic rings. The first-order valence-electron chi connectivity index (χ1n) is 7.15. The van der Waals surface area contributed by atoms with Crippen LogP contribution in [-0.4, -0.2) is 29.0 Å². The van der Waals surface area contributed by atoms with Crippen LogP contribution in [0.1, 0.15) is 17.5 Å². The van der Waals surface area contributed by atoms with Gasteiger partial charge >= 0.3 is 0 Å². The summed E-state index contributed by atoms with van der Waals surface area (Å²) in [6.45, 7) is 0. The third-order valence-corrected chi connectivity index (χ3v) is 3.99.